The quantitative estimate of drug-likeness (QED) is 0.869. The van der Waals surface area contributed by atoms with Crippen molar-refractivity contribution in [3.05, 3.63) is 35.9 Å². The maximum atomic E-state index is 12.1. The molecule has 0 spiro atoms. The summed E-state index contributed by atoms with van der Waals surface area (Å²) >= 11 is 0. The van der Waals surface area contributed by atoms with Crippen molar-refractivity contribution in [3.8, 4) is 0 Å². The molecule has 2 N–H and O–H groups in total. The Morgan fingerprint density at radius 1 is 1.43 bits per heavy atom. The van der Waals surface area contributed by atoms with E-state index in [1.54, 1.807) is 6.92 Å². The van der Waals surface area contributed by atoms with Crippen LogP contribution in [0.2, 0.25) is 0 Å². The van der Waals surface area contributed by atoms with Crippen molar-refractivity contribution in [2.24, 2.45) is 5.73 Å². The number of carbonyl (C=O) groups is 1. The minimum Gasteiger partial charge on any atom is -0.340 e. The minimum absolute atomic E-state index is 0.0593. The van der Waals surface area contributed by atoms with Crippen molar-refractivity contribution >= 4 is 5.91 Å². The summed E-state index contributed by atoms with van der Waals surface area (Å²) in [7, 11) is 0. The molecule has 4 nitrogen and oxygen atoms in total. The number of hydrogen-bond donors (Lipinski definition) is 1. The van der Waals surface area contributed by atoms with Crippen molar-refractivity contribution in [1.82, 2.24) is 9.80 Å². The molecule has 0 bridgehead atoms. The van der Waals surface area contributed by atoms with Gasteiger partial charge in [0.2, 0.25) is 5.91 Å². The number of hydrogen-bond acceptors (Lipinski definition) is 3. The zero-order valence-corrected chi connectivity index (χ0v) is 13.2. The lowest BCUT2D eigenvalue weighted by Gasteiger charge is -2.31. The molecule has 2 rings (SSSR count). The van der Waals surface area contributed by atoms with Gasteiger partial charge in [-0.2, -0.15) is 0 Å². The Bertz CT molecular complexity index is 447. The van der Waals surface area contributed by atoms with Gasteiger partial charge in [0.25, 0.3) is 0 Å². The van der Waals surface area contributed by atoms with Crippen LogP contribution in [0.1, 0.15) is 32.3 Å². The molecule has 116 valence electrons. The number of nitrogens with zero attached hydrogens (tertiary/aromatic N) is 2. The fraction of sp³-hybridized carbons (Fsp3) is 0.588. The average molecular weight is 289 g/mol. The molecule has 1 aliphatic rings. The first-order chi connectivity index (χ1) is 10.1. The van der Waals surface area contributed by atoms with Crippen LogP contribution in [0.15, 0.2) is 30.3 Å². The van der Waals surface area contributed by atoms with Gasteiger partial charge in [-0.25, -0.2) is 0 Å². The summed E-state index contributed by atoms with van der Waals surface area (Å²) in [6, 6.07) is 10.6. The second-order valence-corrected chi connectivity index (χ2v) is 5.92. The third-order valence-corrected chi connectivity index (χ3v) is 4.24. The molecule has 1 aliphatic heterocycles. The van der Waals surface area contributed by atoms with Gasteiger partial charge in [0.1, 0.15) is 0 Å². The van der Waals surface area contributed by atoms with Crippen LogP contribution < -0.4 is 5.73 Å². The first-order valence-corrected chi connectivity index (χ1v) is 7.94. The number of likely N-dealkylation sites (N-methyl/N-ethyl adjacent to an activating group) is 1. The van der Waals surface area contributed by atoms with Crippen molar-refractivity contribution < 1.29 is 4.79 Å². The summed E-state index contributed by atoms with van der Waals surface area (Å²) in [4.78, 5) is 16.5. The number of benzene rings is 1. The largest absolute Gasteiger partial charge is 0.340 e. The van der Waals surface area contributed by atoms with Crippen LogP contribution in [0.5, 0.6) is 0 Å². The molecular formula is C17H27N3O. The van der Waals surface area contributed by atoms with Crippen molar-refractivity contribution in [2.75, 3.05) is 19.6 Å². The normalized spacial score (nSPS) is 20.4. The van der Waals surface area contributed by atoms with Gasteiger partial charge in [0, 0.05) is 25.7 Å². The van der Waals surface area contributed by atoms with E-state index in [9.17, 15) is 4.79 Å². The third kappa shape index (κ3) is 4.29. The SMILES string of the molecule is CCN(CC1CCCN1Cc1ccccc1)C(=O)[C@H](C)N. The molecule has 1 aromatic rings. The zero-order valence-electron chi connectivity index (χ0n) is 13.2. The van der Waals surface area contributed by atoms with E-state index in [2.05, 4.69) is 29.2 Å². The maximum absolute atomic E-state index is 12.1. The molecule has 1 saturated heterocycles. The van der Waals surface area contributed by atoms with E-state index < -0.39 is 6.04 Å². The maximum Gasteiger partial charge on any atom is 0.239 e. The van der Waals surface area contributed by atoms with E-state index in [1.807, 2.05) is 17.9 Å². The molecule has 4 heteroatoms. The first kappa shape index (κ1) is 16.0. The highest BCUT2D eigenvalue weighted by atomic mass is 16.2. The predicted molar refractivity (Wildman–Crippen MR) is 85.8 cm³/mol. The van der Waals surface area contributed by atoms with E-state index in [0.717, 1.165) is 32.6 Å². The lowest BCUT2D eigenvalue weighted by Crippen LogP contribution is -2.47. The van der Waals surface area contributed by atoms with Crippen LogP contribution in [0.25, 0.3) is 0 Å². The predicted octanol–water partition coefficient (Wildman–Crippen LogP) is 1.85. The van der Waals surface area contributed by atoms with Gasteiger partial charge in [0.15, 0.2) is 0 Å². The Balaban J connectivity index is 1.96. The molecule has 0 saturated carbocycles. The summed E-state index contributed by atoms with van der Waals surface area (Å²) < 4.78 is 0. The second kappa shape index (κ2) is 7.57. The molecule has 0 radical (unpaired) electrons. The summed E-state index contributed by atoms with van der Waals surface area (Å²) in [6.07, 6.45) is 2.37. The van der Waals surface area contributed by atoms with E-state index in [0.29, 0.717) is 6.04 Å². The van der Waals surface area contributed by atoms with Crippen LogP contribution in [0.3, 0.4) is 0 Å². The molecule has 1 amide bonds. The molecule has 1 aromatic carbocycles. The molecular weight excluding hydrogens is 262 g/mol. The smallest absolute Gasteiger partial charge is 0.239 e. The van der Waals surface area contributed by atoms with Crippen LogP contribution in [0.4, 0.5) is 0 Å². The highest BCUT2D eigenvalue weighted by Crippen LogP contribution is 2.21. The van der Waals surface area contributed by atoms with Crippen LogP contribution in [-0.2, 0) is 11.3 Å². The summed E-state index contributed by atoms with van der Waals surface area (Å²) in [5, 5.41) is 0. The van der Waals surface area contributed by atoms with Crippen LogP contribution >= 0.6 is 0 Å². The number of rotatable bonds is 6. The van der Waals surface area contributed by atoms with E-state index in [1.165, 1.54) is 12.0 Å². The number of amides is 1. The monoisotopic (exact) mass is 289 g/mol. The highest BCUT2D eigenvalue weighted by molar-refractivity contribution is 5.81. The standard InChI is InChI=1S/C17H27N3O/c1-3-19(17(21)14(2)18)13-16-10-7-11-20(16)12-15-8-5-4-6-9-15/h4-6,8-9,14,16H,3,7,10-13,18H2,1-2H3/t14-,16?/m0/s1. The lowest BCUT2D eigenvalue weighted by molar-refractivity contribution is -0.132. The van der Waals surface area contributed by atoms with Gasteiger partial charge < -0.3 is 10.6 Å². The van der Waals surface area contributed by atoms with Gasteiger partial charge in [-0.15, -0.1) is 0 Å². The molecule has 1 heterocycles. The Morgan fingerprint density at radius 3 is 2.76 bits per heavy atom. The van der Waals surface area contributed by atoms with Crippen molar-refractivity contribution in [1.29, 1.82) is 0 Å². The Kier molecular flexibility index (Phi) is 5.76. The van der Waals surface area contributed by atoms with Gasteiger partial charge in [0.05, 0.1) is 6.04 Å². The Labute approximate surface area is 127 Å². The van der Waals surface area contributed by atoms with Gasteiger partial charge in [-0.3, -0.25) is 9.69 Å². The fourth-order valence-electron chi connectivity index (χ4n) is 3.05. The average Bonchev–Trinajstić information content (AvgIpc) is 2.92. The van der Waals surface area contributed by atoms with E-state index >= 15 is 0 Å². The number of nitrogens with two attached hydrogens (primary N) is 1. The molecule has 2 atom stereocenters. The zero-order chi connectivity index (χ0) is 15.2. The summed E-state index contributed by atoms with van der Waals surface area (Å²) in [5.41, 5.74) is 7.08. The topological polar surface area (TPSA) is 49.6 Å². The molecule has 1 unspecified atom stereocenters. The number of likely N-dealkylation sites (tertiary alicyclic amines) is 1. The van der Waals surface area contributed by atoms with Gasteiger partial charge >= 0.3 is 0 Å². The molecule has 21 heavy (non-hydrogen) atoms. The lowest BCUT2D eigenvalue weighted by atomic mass is 10.1. The highest BCUT2D eigenvalue weighted by Gasteiger charge is 2.28. The third-order valence-electron chi connectivity index (χ3n) is 4.24. The van der Waals surface area contributed by atoms with E-state index in [4.69, 9.17) is 5.73 Å². The van der Waals surface area contributed by atoms with Crippen LogP contribution in [-0.4, -0.2) is 47.4 Å². The second-order valence-electron chi connectivity index (χ2n) is 5.92. The van der Waals surface area contributed by atoms with Gasteiger partial charge in [-0.05, 0) is 38.8 Å². The van der Waals surface area contributed by atoms with E-state index in [-0.39, 0.29) is 5.91 Å². The molecule has 0 aromatic heterocycles. The van der Waals surface area contributed by atoms with Crippen molar-refractivity contribution in [2.45, 2.75) is 45.3 Å². The Morgan fingerprint density at radius 2 is 2.14 bits per heavy atom. The summed E-state index contributed by atoms with van der Waals surface area (Å²) in [6.45, 7) is 7.40. The fourth-order valence-corrected chi connectivity index (χ4v) is 3.05. The van der Waals surface area contributed by atoms with Gasteiger partial charge in [-0.1, -0.05) is 30.3 Å². The minimum atomic E-state index is -0.408. The van der Waals surface area contributed by atoms with Crippen LogP contribution in [0, 0.1) is 0 Å². The first-order valence-electron chi connectivity index (χ1n) is 7.94. The molecule has 0 aliphatic carbocycles. The summed E-state index contributed by atoms with van der Waals surface area (Å²) in [5.74, 6) is 0.0593. The van der Waals surface area contributed by atoms with Crippen molar-refractivity contribution in [3.63, 3.8) is 0 Å². The number of carbonyl (C=O) groups excluding carboxylic acids is 1. The molecule has 1 fully saturated rings. The Hall–Kier alpha value is -1.39.